The van der Waals surface area contributed by atoms with Gasteiger partial charge in [-0.05, 0) is 29.5 Å². The van der Waals surface area contributed by atoms with Crippen molar-refractivity contribution in [1.82, 2.24) is 0 Å². The number of carbonyl (C=O) groups excluding carboxylic acids is 1. The summed E-state index contributed by atoms with van der Waals surface area (Å²) in [7, 11) is 0. The second-order valence-corrected chi connectivity index (χ2v) is 6.36. The highest BCUT2D eigenvalue weighted by Gasteiger charge is 2.31. The molecular weight excluding hydrogens is 240 g/mol. The fourth-order valence-electron chi connectivity index (χ4n) is 2.95. The number of carbonyl (C=O) groups is 1. The van der Waals surface area contributed by atoms with Crippen LogP contribution >= 0.6 is 0 Å². The van der Waals surface area contributed by atoms with Crippen molar-refractivity contribution in [3.05, 3.63) is 29.3 Å². The van der Waals surface area contributed by atoms with E-state index in [0.29, 0.717) is 13.0 Å². The van der Waals surface area contributed by atoms with Gasteiger partial charge in [-0.15, -0.1) is 0 Å². The van der Waals surface area contributed by atoms with Crippen LogP contribution in [0.4, 0.5) is 0 Å². The fraction of sp³-hybridized carbons (Fsp3) is 0.562. The molecule has 1 aliphatic heterocycles. The molecule has 1 aromatic carbocycles. The third-order valence-corrected chi connectivity index (χ3v) is 3.88. The van der Waals surface area contributed by atoms with Crippen molar-refractivity contribution in [1.29, 1.82) is 0 Å². The van der Waals surface area contributed by atoms with E-state index in [1.807, 2.05) is 18.2 Å². The summed E-state index contributed by atoms with van der Waals surface area (Å²) in [4.78, 5) is 12.2. The minimum Gasteiger partial charge on any atom is -0.488 e. The Balaban J connectivity index is 1.83. The van der Waals surface area contributed by atoms with Gasteiger partial charge in [0.05, 0.1) is 13.2 Å². The molecular formula is C16H20O3. The number of Topliss-reactive ketones (excluding diaryl/α,β-unsaturated/α-hetero) is 1. The first kappa shape index (κ1) is 12.7. The van der Waals surface area contributed by atoms with E-state index < -0.39 is 0 Å². The molecule has 0 bridgehead atoms. The molecule has 2 aliphatic rings. The molecule has 0 saturated carbocycles. The molecule has 0 spiro atoms. The van der Waals surface area contributed by atoms with Crippen molar-refractivity contribution >= 4 is 5.78 Å². The van der Waals surface area contributed by atoms with Gasteiger partial charge < -0.3 is 9.47 Å². The Morgan fingerprint density at radius 3 is 2.89 bits per heavy atom. The summed E-state index contributed by atoms with van der Waals surface area (Å²) in [6.45, 7) is 5.71. The van der Waals surface area contributed by atoms with Gasteiger partial charge in [0.15, 0.2) is 5.78 Å². The molecule has 3 rings (SSSR count). The number of ether oxygens (including phenoxy) is 2. The van der Waals surface area contributed by atoms with E-state index in [4.69, 9.17) is 9.47 Å². The van der Waals surface area contributed by atoms with Crippen LogP contribution < -0.4 is 4.74 Å². The number of fused-ring (bicyclic) bond motifs is 1. The van der Waals surface area contributed by atoms with E-state index in [1.165, 1.54) is 0 Å². The zero-order valence-electron chi connectivity index (χ0n) is 11.6. The van der Waals surface area contributed by atoms with Crippen molar-refractivity contribution in [3.63, 3.8) is 0 Å². The summed E-state index contributed by atoms with van der Waals surface area (Å²) in [6, 6.07) is 5.93. The van der Waals surface area contributed by atoms with E-state index in [2.05, 4.69) is 13.8 Å². The fourth-order valence-corrected chi connectivity index (χ4v) is 2.95. The first-order valence-electron chi connectivity index (χ1n) is 6.94. The predicted octanol–water partition coefficient (Wildman–Crippen LogP) is 3.01. The van der Waals surface area contributed by atoms with Gasteiger partial charge in [0.1, 0.15) is 11.9 Å². The Morgan fingerprint density at radius 2 is 2.16 bits per heavy atom. The number of benzene rings is 1. The monoisotopic (exact) mass is 260 g/mol. The molecule has 0 unspecified atom stereocenters. The molecule has 19 heavy (non-hydrogen) atoms. The second kappa shape index (κ2) is 4.64. The smallest absolute Gasteiger partial charge is 0.163 e. The van der Waals surface area contributed by atoms with Crippen LogP contribution in [0.5, 0.6) is 5.75 Å². The first-order valence-corrected chi connectivity index (χ1v) is 6.94. The number of rotatable bonds is 2. The number of hydrogen-bond acceptors (Lipinski definition) is 3. The highest BCUT2D eigenvalue weighted by atomic mass is 16.5. The van der Waals surface area contributed by atoms with E-state index in [1.54, 1.807) is 0 Å². The van der Waals surface area contributed by atoms with Crippen molar-refractivity contribution in [2.45, 2.75) is 39.2 Å². The lowest BCUT2D eigenvalue weighted by atomic mass is 9.74. The van der Waals surface area contributed by atoms with Gasteiger partial charge in [-0.25, -0.2) is 0 Å². The van der Waals surface area contributed by atoms with Crippen LogP contribution in [0.1, 0.15) is 42.6 Å². The average molecular weight is 260 g/mol. The highest BCUT2D eigenvalue weighted by Crippen LogP contribution is 2.36. The summed E-state index contributed by atoms with van der Waals surface area (Å²) in [5.41, 5.74) is 2.07. The van der Waals surface area contributed by atoms with Crippen LogP contribution in [0.2, 0.25) is 0 Å². The zero-order valence-corrected chi connectivity index (χ0v) is 11.6. The quantitative estimate of drug-likeness (QED) is 0.820. The Morgan fingerprint density at radius 1 is 1.32 bits per heavy atom. The van der Waals surface area contributed by atoms with Gasteiger partial charge in [-0.3, -0.25) is 4.79 Å². The maximum atomic E-state index is 12.2. The summed E-state index contributed by atoms with van der Waals surface area (Å²) in [5, 5.41) is 0. The van der Waals surface area contributed by atoms with Gasteiger partial charge in [-0.2, -0.15) is 0 Å². The molecule has 1 saturated heterocycles. The van der Waals surface area contributed by atoms with E-state index in [9.17, 15) is 4.79 Å². The standard InChI is InChI=1S/C16H20O3/c1-16(2)8-11-3-4-12(7-14(11)15(17)9-16)19-13-5-6-18-10-13/h3-4,7,13H,5-6,8-10H2,1-2H3/t13-/m0/s1. The van der Waals surface area contributed by atoms with E-state index >= 15 is 0 Å². The van der Waals surface area contributed by atoms with Crippen LogP contribution in [0.3, 0.4) is 0 Å². The van der Waals surface area contributed by atoms with Gasteiger partial charge >= 0.3 is 0 Å². The second-order valence-electron chi connectivity index (χ2n) is 6.36. The molecule has 1 heterocycles. The summed E-state index contributed by atoms with van der Waals surface area (Å²) < 4.78 is 11.2. The van der Waals surface area contributed by atoms with Crippen molar-refractivity contribution in [2.24, 2.45) is 5.41 Å². The minimum absolute atomic E-state index is 0.0751. The lowest BCUT2D eigenvalue weighted by molar-refractivity contribution is 0.0911. The average Bonchev–Trinajstić information content (AvgIpc) is 2.81. The third kappa shape index (κ3) is 2.66. The van der Waals surface area contributed by atoms with Gasteiger partial charge in [0, 0.05) is 18.4 Å². The third-order valence-electron chi connectivity index (χ3n) is 3.88. The van der Waals surface area contributed by atoms with E-state index in [-0.39, 0.29) is 17.3 Å². The molecule has 3 heteroatoms. The Kier molecular flexibility index (Phi) is 3.09. The lowest BCUT2D eigenvalue weighted by Gasteiger charge is -2.30. The van der Waals surface area contributed by atoms with Crippen LogP contribution in [0.15, 0.2) is 18.2 Å². The normalized spacial score (nSPS) is 25.2. The number of hydrogen-bond donors (Lipinski definition) is 0. The van der Waals surface area contributed by atoms with Crippen LogP contribution in [-0.2, 0) is 11.2 Å². The highest BCUT2D eigenvalue weighted by molar-refractivity contribution is 5.99. The maximum Gasteiger partial charge on any atom is 0.163 e. The number of ketones is 1. The molecule has 1 atom stereocenters. The van der Waals surface area contributed by atoms with Gasteiger partial charge in [-0.1, -0.05) is 19.9 Å². The van der Waals surface area contributed by atoms with E-state index in [0.717, 1.165) is 36.3 Å². The van der Waals surface area contributed by atoms with Gasteiger partial charge in [0.2, 0.25) is 0 Å². The first-order chi connectivity index (χ1) is 9.03. The molecule has 0 aromatic heterocycles. The van der Waals surface area contributed by atoms with Crippen LogP contribution in [0, 0.1) is 5.41 Å². The molecule has 0 radical (unpaired) electrons. The maximum absolute atomic E-state index is 12.2. The molecule has 0 N–H and O–H groups in total. The predicted molar refractivity (Wildman–Crippen MR) is 72.7 cm³/mol. The topological polar surface area (TPSA) is 35.5 Å². The Labute approximate surface area is 113 Å². The zero-order chi connectivity index (χ0) is 13.5. The molecule has 1 aromatic rings. The lowest BCUT2D eigenvalue weighted by Crippen LogP contribution is -2.27. The van der Waals surface area contributed by atoms with Crippen molar-refractivity contribution in [2.75, 3.05) is 13.2 Å². The van der Waals surface area contributed by atoms with Crippen LogP contribution in [-0.4, -0.2) is 25.1 Å². The van der Waals surface area contributed by atoms with Crippen LogP contribution in [0.25, 0.3) is 0 Å². The van der Waals surface area contributed by atoms with Gasteiger partial charge in [0.25, 0.3) is 0 Å². The largest absolute Gasteiger partial charge is 0.488 e. The summed E-state index contributed by atoms with van der Waals surface area (Å²) >= 11 is 0. The molecule has 0 amide bonds. The molecule has 102 valence electrons. The Bertz CT molecular complexity index is 499. The molecule has 3 nitrogen and oxygen atoms in total. The summed E-state index contributed by atoms with van der Waals surface area (Å²) in [6.07, 6.45) is 2.64. The minimum atomic E-state index is 0.0751. The SMILES string of the molecule is CC1(C)CC(=O)c2cc(O[C@H]3CCOC3)ccc2C1. The molecule has 1 fully saturated rings. The summed E-state index contributed by atoms with van der Waals surface area (Å²) in [5.74, 6) is 1.03. The molecule has 1 aliphatic carbocycles. The van der Waals surface area contributed by atoms with Crippen molar-refractivity contribution < 1.29 is 14.3 Å². The van der Waals surface area contributed by atoms with Crippen molar-refractivity contribution in [3.8, 4) is 5.75 Å². The Hall–Kier alpha value is -1.35.